The molecule has 1 unspecified atom stereocenters. The van der Waals surface area contributed by atoms with Crippen molar-refractivity contribution in [2.75, 3.05) is 0 Å². The Morgan fingerprint density at radius 2 is 1.76 bits per heavy atom. The summed E-state index contributed by atoms with van der Waals surface area (Å²) in [7, 11) is -2.90. The van der Waals surface area contributed by atoms with E-state index in [-0.39, 0.29) is 30.4 Å². The summed E-state index contributed by atoms with van der Waals surface area (Å²) in [5.41, 5.74) is 2.90. The summed E-state index contributed by atoms with van der Waals surface area (Å²) in [5, 5.41) is 22.4. The van der Waals surface area contributed by atoms with Crippen molar-refractivity contribution in [2.24, 2.45) is 0 Å². The minimum absolute atomic E-state index is 0.134. The molecule has 0 aliphatic carbocycles. The van der Waals surface area contributed by atoms with Crippen molar-refractivity contribution < 1.29 is 33.6 Å². The molecule has 0 fully saturated rings. The third-order valence-corrected chi connectivity index (χ3v) is 6.48. The third kappa shape index (κ3) is 8.68. The molecule has 0 saturated carbocycles. The Morgan fingerprint density at radius 3 is 2.41 bits per heavy atom. The Labute approximate surface area is 217 Å². The normalized spacial score (nSPS) is 12.8. The second-order valence-electron chi connectivity index (χ2n) is 8.74. The number of pyridine rings is 1. The highest BCUT2D eigenvalue weighted by atomic mass is 31.1. The molecule has 3 N–H and O–H groups in total. The topological polar surface area (TPSA) is 127 Å². The number of esters is 1. The van der Waals surface area contributed by atoms with Crippen LogP contribution in [0.15, 0.2) is 60.8 Å². The first-order chi connectivity index (χ1) is 17.8. The summed E-state index contributed by atoms with van der Waals surface area (Å²) in [5.74, 6) is 0.00582. The fraction of sp³-hybridized carbons (Fsp3) is 0.333. The Morgan fingerprint density at radius 1 is 1.05 bits per heavy atom. The lowest BCUT2D eigenvalue weighted by molar-refractivity contribution is -0.149. The predicted octanol–water partition coefficient (Wildman–Crippen LogP) is 4.23. The standard InChI is InChI=1S/C27H33N2O7P/c1-18(2)36-27(32)25(29-37(33)35-17-22-14-28-19(3)26(31)24(22)15-30)13-20-9-11-23(12-10-20)34-16-21-7-5-4-6-8-21/h4-12,14,18,25,30-31,37H,13,15-17H2,1-3H3,(H,29,33)/t25-/m0/s1. The minimum Gasteiger partial charge on any atom is -0.506 e. The van der Waals surface area contributed by atoms with E-state index in [0.29, 0.717) is 23.6 Å². The first-order valence-corrected chi connectivity index (χ1v) is 13.2. The van der Waals surface area contributed by atoms with Crippen molar-refractivity contribution >= 4 is 14.1 Å². The van der Waals surface area contributed by atoms with E-state index < -0.39 is 26.8 Å². The zero-order valence-corrected chi connectivity index (χ0v) is 22.1. The van der Waals surface area contributed by atoms with Crippen LogP contribution in [0.1, 0.15) is 41.8 Å². The van der Waals surface area contributed by atoms with Crippen molar-refractivity contribution in [1.29, 1.82) is 0 Å². The second kappa shape index (κ2) is 13.9. The maximum absolute atomic E-state index is 12.7. The van der Waals surface area contributed by atoms with Gasteiger partial charge in [0, 0.05) is 17.3 Å². The van der Waals surface area contributed by atoms with Crippen LogP contribution in [0, 0.1) is 6.92 Å². The van der Waals surface area contributed by atoms with Crippen molar-refractivity contribution in [3.63, 3.8) is 0 Å². The maximum atomic E-state index is 12.7. The number of aromatic nitrogens is 1. The largest absolute Gasteiger partial charge is 0.506 e. The van der Waals surface area contributed by atoms with Gasteiger partial charge in [0.15, 0.2) is 0 Å². The number of hydrogen-bond donors (Lipinski definition) is 3. The molecule has 9 nitrogen and oxygen atoms in total. The van der Waals surface area contributed by atoms with Gasteiger partial charge >= 0.3 is 5.97 Å². The van der Waals surface area contributed by atoms with Crippen molar-refractivity contribution in [3.8, 4) is 11.5 Å². The molecule has 2 aromatic carbocycles. The number of hydrogen-bond acceptors (Lipinski definition) is 8. The van der Waals surface area contributed by atoms with Crippen molar-refractivity contribution in [1.82, 2.24) is 10.1 Å². The van der Waals surface area contributed by atoms with Crippen LogP contribution in [0.2, 0.25) is 0 Å². The first-order valence-electron chi connectivity index (χ1n) is 11.9. The maximum Gasteiger partial charge on any atom is 0.324 e. The zero-order valence-electron chi connectivity index (χ0n) is 21.1. The van der Waals surface area contributed by atoms with Crippen LogP contribution in [0.5, 0.6) is 11.5 Å². The molecule has 3 aromatic rings. The van der Waals surface area contributed by atoms with Gasteiger partial charge in [-0.05, 0) is 50.5 Å². The van der Waals surface area contributed by atoms with E-state index in [1.165, 1.54) is 6.20 Å². The number of carbonyl (C=O) groups is 1. The molecule has 2 atom stereocenters. The van der Waals surface area contributed by atoms with Gasteiger partial charge in [-0.15, -0.1) is 0 Å². The molecule has 3 rings (SSSR count). The highest BCUT2D eigenvalue weighted by Crippen LogP contribution is 2.28. The second-order valence-corrected chi connectivity index (χ2v) is 9.89. The molecular weight excluding hydrogens is 495 g/mol. The van der Waals surface area contributed by atoms with Gasteiger partial charge in [0.05, 0.1) is 25.0 Å². The average molecular weight is 529 g/mol. The number of aliphatic hydroxyl groups excluding tert-OH is 1. The number of aliphatic hydroxyl groups is 1. The highest BCUT2D eigenvalue weighted by molar-refractivity contribution is 7.36. The average Bonchev–Trinajstić information content (AvgIpc) is 2.88. The van der Waals surface area contributed by atoms with E-state index in [2.05, 4.69) is 10.1 Å². The molecule has 1 heterocycles. The summed E-state index contributed by atoms with van der Waals surface area (Å²) < 4.78 is 29.3. The summed E-state index contributed by atoms with van der Waals surface area (Å²) in [4.78, 5) is 16.8. The van der Waals surface area contributed by atoms with Crippen LogP contribution >= 0.6 is 8.18 Å². The van der Waals surface area contributed by atoms with Crippen LogP contribution in [-0.2, 0) is 44.9 Å². The van der Waals surface area contributed by atoms with Crippen LogP contribution < -0.4 is 9.82 Å². The Hall–Kier alpha value is -3.23. The summed E-state index contributed by atoms with van der Waals surface area (Å²) in [6.45, 7) is 4.94. The summed E-state index contributed by atoms with van der Waals surface area (Å²) in [6, 6.07) is 16.2. The van der Waals surface area contributed by atoms with Gasteiger partial charge in [0.2, 0.25) is 0 Å². The molecule has 0 amide bonds. The van der Waals surface area contributed by atoms with Crippen LogP contribution in [-0.4, -0.2) is 33.3 Å². The molecular formula is C27H33N2O7P. The Bertz CT molecular complexity index is 1190. The number of rotatable bonds is 13. The van der Waals surface area contributed by atoms with Crippen LogP contribution in [0.25, 0.3) is 0 Å². The lowest BCUT2D eigenvalue weighted by atomic mass is 10.1. The van der Waals surface area contributed by atoms with Gasteiger partial charge in [0.1, 0.15) is 24.1 Å². The molecule has 10 heteroatoms. The van der Waals surface area contributed by atoms with E-state index in [0.717, 1.165) is 11.1 Å². The Kier molecular flexibility index (Phi) is 10.7. The molecule has 0 aliphatic rings. The van der Waals surface area contributed by atoms with Gasteiger partial charge in [-0.2, -0.15) is 0 Å². The first kappa shape index (κ1) is 28.3. The van der Waals surface area contributed by atoms with E-state index >= 15 is 0 Å². The SMILES string of the molecule is Cc1ncc(CO[PH](=O)N[C@@H](Cc2ccc(OCc3ccccc3)cc2)C(=O)OC(C)C)c(CO)c1O. The van der Waals surface area contributed by atoms with Crippen molar-refractivity contribution in [3.05, 3.63) is 88.7 Å². The fourth-order valence-corrected chi connectivity index (χ4v) is 4.39. The molecule has 0 aliphatic heterocycles. The predicted molar refractivity (Wildman–Crippen MR) is 139 cm³/mol. The molecule has 198 valence electrons. The molecule has 1 aromatic heterocycles. The number of ether oxygens (including phenoxy) is 2. The lowest BCUT2D eigenvalue weighted by Crippen LogP contribution is -2.37. The number of aromatic hydroxyl groups is 1. The van der Waals surface area contributed by atoms with Gasteiger partial charge in [0.25, 0.3) is 8.18 Å². The lowest BCUT2D eigenvalue weighted by Gasteiger charge is -2.19. The minimum atomic E-state index is -2.90. The van der Waals surface area contributed by atoms with Gasteiger partial charge in [-0.25, -0.2) is 5.09 Å². The highest BCUT2D eigenvalue weighted by Gasteiger charge is 2.24. The molecule has 37 heavy (non-hydrogen) atoms. The molecule has 0 radical (unpaired) electrons. The summed E-state index contributed by atoms with van der Waals surface area (Å²) >= 11 is 0. The number of carbonyl (C=O) groups excluding carboxylic acids is 1. The smallest absolute Gasteiger partial charge is 0.324 e. The van der Waals surface area contributed by atoms with E-state index in [4.69, 9.17) is 14.0 Å². The number of nitrogens with zero attached hydrogens (tertiary/aromatic N) is 1. The molecule has 0 bridgehead atoms. The van der Waals surface area contributed by atoms with Gasteiger partial charge in [-0.3, -0.25) is 14.3 Å². The quantitative estimate of drug-likeness (QED) is 0.221. The monoisotopic (exact) mass is 528 g/mol. The van der Waals surface area contributed by atoms with E-state index in [1.807, 2.05) is 54.6 Å². The third-order valence-electron chi connectivity index (χ3n) is 5.49. The number of aryl methyl sites for hydroxylation is 1. The van der Waals surface area contributed by atoms with Gasteiger partial charge < -0.3 is 24.2 Å². The van der Waals surface area contributed by atoms with Gasteiger partial charge in [-0.1, -0.05) is 42.5 Å². The Balaban J connectivity index is 1.62. The number of nitrogens with one attached hydrogen (secondary N) is 1. The van der Waals surface area contributed by atoms with E-state index in [1.54, 1.807) is 20.8 Å². The van der Waals surface area contributed by atoms with Crippen LogP contribution in [0.3, 0.4) is 0 Å². The van der Waals surface area contributed by atoms with E-state index in [9.17, 15) is 19.6 Å². The fourth-order valence-electron chi connectivity index (χ4n) is 3.52. The molecule has 0 spiro atoms. The summed E-state index contributed by atoms with van der Waals surface area (Å²) in [6.07, 6.45) is 1.32. The number of benzene rings is 2. The van der Waals surface area contributed by atoms with Crippen molar-refractivity contribution in [2.45, 2.75) is 59.2 Å². The zero-order chi connectivity index (χ0) is 26.8. The van der Waals surface area contributed by atoms with Crippen LogP contribution in [0.4, 0.5) is 0 Å². The molecule has 0 saturated heterocycles.